The third-order valence-corrected chi connectivity index (χ3v) is 2.87. The van der Waals surface area contributed by atoms with E-state index in [-0.39, 0.29) is 0 Å². The zero-order valence-corrected chi connectivity index (χ0v) is 7.50. The molecule has 1 saturated heterocycles. The number of likely N-dealkylation sites (tertiary alicyclic amines) is 1. The van der Waals surface area contributed by atoms with Crippen LogP contribution in [0.2, 0.25) is 0 Å². The molecule has 1 unspecified atom stereocenters. The largest absolute Gasteiger partial charge is 0.395 e. The van der Waals surface area contributed by atoms with Crippen molar-refractivity contribution in [2.24, 2.45) is 0 Å². The van der Waals surface area contributed by atoms with Crippen LogP contribution < -0.4 is 5.32 Å². The molecular weight excluding hydrogens is 152 g/mol. The zero-order chi connectivity index (χ0) is 8.39. The fraction of sp³-hybridized carbons (Fsp3) is 1.00. The molecule has 0 radical (unpaired) electrons. The highest BCUT2D eigenvalue weighted by Crippen LogP contribution is 2.21. The lowest BCUT2D eigenvalue weighted by molar-refractivity contribution is 0.0679. The second-order valence-electron chi connectivity index (χ2n) is 3.88. The summed E-state index contributed by atoms with van der Waals surface area (Å²) in [6.07, 6.45) is 4.04. The average molecular weight is 170 g/mol. The van der Waals surface area contributed by atoms with Crippen LogP contribution in [-0.4, -0.2) is 48.3 Å². The Morgan fingerprint density at radius 2 is 2.17 bits per heavy atom. The summed E-state index contributed by atoms with van der Waals surface area (Å²) in [5, 5.41) is 12.3. The summed E-state index contributed by atoms with van der Waals surface area (Å²) in [5.41, 5.74) is 0. The molecule has 12 heavy (non-hydrogen) atoms. The van der Waals surface area contributed by atoms with Crippen molar-refractivity contribution in [3.8, 4) is 0 Å². The fourth-order valence-electron chi connectivity index (χ4n) is 1.74. The number of hydrogen-bond acceptors (Lipinski definition) is 3. The molecule has 2 rings (SSSR count). The minimum Gasteiger partial charge on any atom is -0.395 e. The van der Waals surface area contributed by atoms with E-state index in [9.17, 15) is 0 Å². The highest BCUT2D eigenvalue weighted by molar-refractivity contribution is 4.88. The van der Waals surface area contributed by atoms with Gasteiger partial charge in [0.2, 0.25) is 0 Å². The summed E-state index contributed by atoms with van der Waals surface area (Å²) in [5.74, 6) is 0. The maximum atomic E-state index is 8.75. The van der Waals surface area contributed by atoms with Gasteiger partial charge in [0.1, 0.15) is 0 Å². The molecule has 70 valence electrons. The summed E-state index contributed by atoms with van der Waals surface area (Å²) in [6, 6.07) is 1.53. The van der Waals surface area contributed by atoms with Crippen LogP contribution in [0.1, 0.15) is 19.3 Å². The smallest absolute Gasteiger partial charge is 0.0558 e. The van der Waals surface area contributed by atoms with Gasteiger partial charge in [0.05, 0.1) is 6.61 Å². The van der Waals surface area contributed by atoms with Gasteiger partial charge < -0.3 is 10.4 Å². The van der Waals surface area contributed by atoms with Gasteiger partial charge in [0.15, 0.2) is 0 Å². The Balaban J connectivity index is 1.59. The second-order valence-corrected chi connectivity index (χ2v) is 3.88. The van der Waals surface area contributed by atoms with Gasteiger partial charge in [-0.1, -0.05) is 0 Å². The summed E-state index contributed by atoms with van der Waals surface area (Å²) >= 11 is 0. The second kappa shape index (κ2) is 3.73. The van der Waals surface area contributed by atoms with Gasteiger partial charge in [-0.15, -0.1) is 0 Å². The number of β-amino-alcohol motifs (C(OH)–C–C–N with tert-alkyl or cyclic N) is 1. The van der Waals surface area contributed by atoms with Crippen LogP contribution >= 0.6 is 0 Å². The third kappa shape index (κ3) is 1.97. The molecule has 2 N–H and O–H groups in total. The average Bonchev–Trinajstić information content (AvgIpc) is 2.82. The first-order valence-corrected chi connectivity index (χ1v) is 4.98. The van der Waals surface area contributed by atoms with E-state index in [4.69, 9.17) is 5.11 Å². The van der Waals surface area contributed by atoms with Crippen LogP contribution in [0.3, 0.4) is 0 Å². The van der Waals surface area contributed by atoms with E-state index in [0.29, 0.717) is 12.6 Å². The van der Waals surface area contributed by atoms with Crippen LogP contribution in [0.25, 0.3) is 0 Å². The molecule has 1 saturated carbocycles. The molecule has 0 aromatic carbocycles. The third-order valence-electron chi connectivity index (χ3n) is 2.87. The monoisotopic (exact) mass is 170 g/mol. The molecule has 0 spiro atoms. The lowest BCUT2D eigenvalue weighted by Gasteiger charge is -2.40. The first-order valence-electron chi connectivity index (χ1n) is 4.98. The first kappa shape index (κ1) is 8.48. The van der Waals surface area contributed by atoms with Crippen molar-refractivity contribution in [1.82, 2.24) is 10.2 Å². The van der Waals surface area contributed by atoms with Crippen molar-refractivity contribution < 1.29 is 5.11 Å². The van der Waals surface area contributed by atoms with E-state index >= 15 is 0 Å². The number of rotatable bonds is 5. The van der Waals surface area contributed by atoms with Crippen LogP contribution in [-0.2, 0) is 0 Å². The molecule has 0 amide bonds. The molecule has 1 atom stereocenters. The van der Waals surface area contributed by atoms with Crippen LogP contribution in [0, 0.1) is 0 Å². The van der Waals surface area contributed by atoms with E-state index in [1.54, 1.807) is 0 Å². The fourth-order valence-corrected chi connectivity index (χ4v) is 1.74. The van der Waals surface area contributed by atoms with Gasteiger partial charge in [-0.3, -0.25) is 4.90 Å². The van der Waals surface area contributed by atoms with Crippen molar-refractivity contribution in [2.45, 2.75) is 31.3 Å². The Morgan fingerprint density at radius 3 is 2.67 bits per heavy atom. The van der Waals surface area contributed by atoms with Crippen molar-refractivity contribution in [1.29, 1.82) is 0 Å². The van der Waals surface area contributed by atoms with Gasteiger partial charge in [0.25, 0.3) is 0 Å². The Bertz CT molecular complexity index is 147. The standard InChI is InChI=1S/C9H18N2O/c12-6-5-11-4-3-9(11)7-10-8-1-2-8/h8-10,12H,1-7H2. The highest BCUT2D eigenvalue weighted by Gasteiger charge is 2.29. The minimum atomic E-state index is 0.305. The van der Waals surface area contributed by atoms with E-state index in [2.05, 4.69) is 10.2 Å². The quantitative estimate of drug-likeness (QED) is 0.600. The Hall–Kier alpha value is -0.120. The van der Waals surface area contributed by atoms with Crippen LogP contribution in [0.15, 0.2) is 0 Å². The molecule has 3 nitrogen and oxygen atoms in total. The highest BCUT2D eigenvalue weighted by atomic mass is 16.3. The normalized spacial score (nSPS) is 30.2. The molecule has 0 bridgehead atoms. The van der Waals surface area contributed by atoms with E-state index in [0.717, 1.165) is 19.1 Å². The molecule has 3 heteroatoms. The SMILES string of the molecule is OCCN1CCC1CNC1CC1. The summed E-state index contributed by atoms with van der Waals surface area (Å²) < 4.78 is 0. The molecule has 1 aliphatic heterocycles. The first-order chi connectivity index (χ1) is 5.90. The summed E-state index contributed by atoms with van der Waals surface area (Å²) in [4.78, 5) is 2.36. The van der Waals surface area contributed by atoms with Crippen molar-refractivity contribution >= 4 is 0 Å². The number of aliphatic hydroxyl groups is 1. The van der Waals surface area contributed by atoms with Gasteiger partial charge in [-0.2, -0.15) is 0 Å². The topological polar surface area (TPSA) is 35.5 Å². The Morgan fingerprint density at radius 1 is 1.33 bits per heavy atom. The van der Waals surface area contributed by atoms with Gasteiger partial charge in [0, 0.05) is 31.7 Å². The van der Waals surface area contributed by atoms with Crippen LogP contribution in [0.5, 0.6) is 0 Å². The maximum Gasteiger partial charge on any atom is 0.0558 e. The van der Waals surface area contributed by atoms with Crippen molar-refractivity contribution in [3.63, 3.8) is 0 Å². The van der Waals surface area contributed by atoms with Crippen molar-refractivity contribution in [2.75, 3.05) is 26.2 Å². The predicted molar refractivity (Wildman–Crippen MR) is 48.1 cm³/mol. The molecule has 1 heterocycles. The molecule has 2 aliphatic rings. The van der Waals surface area contributed by atoms with E-state index in [1.807, 2.05) is 0 Å². The minimum absolute atomic E-state index is 0.305. The number of nitrogens with zero attached hydrogens (tertiary/aromatic N) is 1. The summed E-state index contributed by atoms with van der Waals surface area (Å²) in [7, 11) is 0. The van der Waals surface area contributed by atoms with Gasteiger partial charge >= 0.3 is 0 Å². The predicted octanol–water partition coefficient (Wildman–Crippen LogP) is -0.195. The van der Waals surface area contributed by atoms with E-state index in [1.165, 1.54) is 25.8 Å². The Kier molecular flexibility index (Phi) is 2.63. The lowest BCUT2D eigenvalue weighted by Crippen LogP contribution is -2.53. The van der Waals surface area contributed by atoms with Crippen LogP contribution in [0.4, 0.5) is 0 Å². The number of nitrogens with one attached hydrogen (secondary N) is 1. The molecule has 0 aromatic rings. The van der Waals surface area contributed by atoms with E-state index < -0.39 is 0 Å². The zero-order valence-electron chi connectivity index (χ0n) is 7.50. The molecule has 2 fully saturated rings. The molecule has 1 aliphatic carbocycles. The lowest BCUT2D eigenvalue weighted by atomic mass is 10.0. The summed E-state index contributed by atoms with van der Waals surface area (Å²) in [6.45, 7) is 3.47. The van der Waals surface area contributed by atoms with Crippen molar-refractivity contribution in [3.05, 3.63) is 0 Å². The molecule has 0 aromatic heterocycles. The molecular formula is C9H18N2O. The van der Waals surface area contributed by atoms with Gasteiger partial charge in [-0.25, -0.2) is 0 Å². The maximum absolute atomic E-state index is 8.75. The Labute approximate surface area is 73.8 Å². The van der Waals surface area contributed by atoms with Gasteiger partial charge in [-0.05, 0) is 19.3 Å². The number of aliphatic hydroxyl groups excluding tert-OH is 1. The number of hydrogen-bond donors (Lipinski definition) is 2.